The van der Waals surface area contributed by atoms with E-state index in [4.69, 9.17) is 9.72 Å². The van der Waals surface area contributed by atoms with Gasteiger partial charge in [0.1, 0.15) is 11.4 Å². The molecule has 256 valence electrons. The van der Waals surface area contributed by atoms with Crippen LogP contribution in [0.5, 0.6) is 0 Å². The van der Waals surface area contributed by atoms with Gasteiger partial charge in [0.2, 0.25) is 0 Å². The molecule has 1 saturated heterocycles. The summed E-state index contributed by atoms with van der Waals surface area (Å²) in [5.74, 6) is 1.41. The van der Waals surface area contributed by atoms with Gasteiger partial charge in [-0.1, -0.05) is 19.8 Å². The molecule has 3 aliphatic rings. The first-order valence-corrected chi connectivity index (χ1v) is 17.6. The molecule has 2 N–H and O–H groups in total. The van der Waals surface area contributed by atoms with E-state index in [-0.39, 0.29) is 24.1 Å². The molecular formula is C38H50N6O4. The lowest BCUT2D eigenvalue weighted by Gasteiger charge is -2.36. The minimum Gasteiger partial charge on any atom is -0.444 e. The third-order valence-electron chi connectivity index (χ3n) is 9.79. The summed E-state index contributed by atoms with van der Waals surface area (Å²) in [4.78, 5) is 53.4. The number of aromatic nitrogens is 2. The van der Waals surface area contributed by atoms with Crippen molar-refractivity contribution < 1.29 is 14.3 Å². The van der Waals surface area contributed by atoms with Crippen molar-refractivity contribution in [3.8, 4) is 11.1 Å². The highest BCUT2D eigenvalue weighted by Gasteiger charge is 2.30. The molecule has 10 nitrogen and oxygen atoms in total. The average Bonchev–Trinajstić information content (AvgIpc) is 3.44. The fraction of sp³-hybridized carbons (Fsp3) is 0.526. The number of hydrogen-bond donors (Lipinski definition) is 2. The molecule has 1 saturated carbocycles. The maximum absolute atomic E-state index is 13.9. The van der Waals surface area contributed by atoms with Gasteiger partial charge in [0.15, 0.2) is 0 Å². The third-order valence-corrected chi connectivity index (χ3v) is 9.79. The fourth-order valence-electron chi connectivity index (χ4n) is 7.04. The molecule has 0 spiro atoms. The molecule has 1 aromatic carbocycles. The van der Waals surface area contributed by atoms with Crippen LogP contribution in [0.15, 0.2) is 41.3 Å². The van der Waals surface area contributed by atoms with Gasteiger partial charge in [0.25, 0.3) is 11.5 Å². The van der Waals surface area contributed by atoms with Crippen LogP contribution in [0, 0.1) is 12.8 Å². The van der Waals surface area contributed by atoms with E-state index in [2.05, 4.69) is 39.2 Å². The van der Waals surface area contributed by atoms with Crippen molar-refractivity contribution in [3.63, 3.8) is 0 Å². The van der Waals surface area contributed by atoms with Gasteiger partial charge in [-0.25, -0.2) is 9.78 Å². The van der Waals surface area contributed by atoms with Crippen LogP contribution in [0.4, 0.5) is 16.3 Å². The maximum Gasteiger partial charge on any atom is 0.410 e. The number of piperazine rings is 1. The number of carbonyl (C=O) groups excluding carboxylic acids is 2. The number of rotatable bonds is 9. The van der Waals surface area contributed by atoms with Crippen molar-refractivity contribution in [3.05, 3.63) is 74.8 Å². The van der Waals surface area contributed by atoms with Crippen LogP contribution in [0.3, 0.4) is 0 Å². The number of benzene rings is 1. The topological polar surface area (TPSA) is 111 Å². The maximum atomic E-state index is 13.9. The van der Waals surface area contributed by atoms with Crippen LogP contribution in [-0.2, 0) is 24.1 Å². The Balaban J connectivity index is 1.22. The number of fused-ring (bicyclic) bond motifs is 1. The predicted octanol–water partition coefficient (Wildman–Crippen LogP) is 5.85. The molecular weight excluding hydrogens is 604 g/mol. The van der Waals surface area contributed by atoms with Crippen molar-refractivity contribution in [2.45, 2.75) is 85.3 Å². The standard InChI is InChI=1S/C38H50N6O4/c1-6-8-27-19-25(2)41-36(46)32(27)23-40-35(45)31-20-29(21-33-30(31)13-14-44(33)24-26-9-7-10-26)28-11-12-34(39-22-28)42-15-17-43(18-16-42)37(47)48-38(3,4)5/h11-12,19-22,26H,6-10,13-18,23-24H2,1-5H3,(H,40,45)(H,41,46). The van der Waals surface area contributed by atoms with Crippen molar-refractivity contribution >= 4 is 23.5 Å². The highest BCUT2D eigenvalue weighted by atomic mass is 16.6. The first kappa shape index (κ1) is 33.6. The van der Waals surface area contributed by atoms with E-state index in [1.54, 1.807) is 4.90 Å². The van der Waals surface area contributed by atoms with E-state index in [1.807, 2.05) is 52.1 Å². The van der Waals surface area contributed by atoms with E-state index in [1.165, 1.54) is 19.3 Å². The largest absolute Gasteiger partial charge is 0.444 e. The SMILES string of the molecule is CCCc1cc(C)[nH]c(=O)c1CNC(=O)c1cc(-c2ccc(N3CCN(C(=O)OC(C)(C)C)CC3)nc2)cc2c1CCN2CC1CCC1. The van der Waals surface area contributed by atoms with E-state index in [0.29, 0.717) is 43.2 Å². The Morgan fingerprint density at radius 3 is 2.46 bits per heavy atom. The van der Waals surface area contributed by atoms with Gasteiger partial charge >= 0.3 is 6.09 Å². The number of hydrogen-bond acceptors (Lipinski definition) is 7. The Hall–Kier alpha value is -4.34. The summed E-state index contributed by atoms with van der Waals surface area (Å²) in [6.07, 6.45) is 7.97. The van der Waals surface area contributed by atoms with Crippen LogP contribution in [0.2, 0.25) is 0 Å². The Morgan fingerprint density at radius 2 is 1.81 bits per heavy atom. The molecule has 48 heavy (non-hydrogen) atoms. The molecule has 1 aliphatic carbocycles. The smallest absolute Gasteiger partial charge is 0.410 e. The zero-order valence-electron chi connectivity index (χ0n) is 29.2. The molecule has 0 unspecified atom stereocenters. The molecule has 0 atom stereocenters. The minimum atomic E-state index is -0.517. The van der Waals surface area contributed by atoms with Gasteiger partial charge in [-0.15, -0.1) is 0 Å². The zero-order chi connectivity index (χ0) is 34.0. The highest BCUT2D eigenvalue weighted by Crippen LogP contribution is 2.38. The minimum absolute atomic E-state index is 0.137. The summed E-state index contributed by atoms with van der Waals surface area (Å²) in [6.45, 7) is 14.2. The van der Waals surface area contributed by atoms with Gasteiger partial charge in [0.05, 0.1) is 0 Å². The number of amides is 2. The van der Waals surface area contributed by atoms with Crippen molar-refractivity contribution in [2.75, 3.05) is 49.1 Å². The summed E-state index contributed by atoms with van der Waals surface area (Å²) in [7, 11) is 0. The van der Waals surface area contributed by atoms with E-state index >= 15 is 0 Å². The Morgan fingerprint density at radius 1 is 1.04 bits per heavy atom. The van der Waals surface area contributed by atoms with Gasteiger partial charge in [-0.3, -0.25) is 9.59 Å². The lowest BCUT2D eigenvalue weighted by Crippen LogP contribution is -2.50. The molecule has 2 amide bonds. The Kier molecular flexibility index (Phi) is 9.80. The van der Waals surface area contributed by atoms with Gasteiger partial charge in [-0.2, -0.15) is 0 Å². The van der Waals surface area contributed by atoms with Gasteiger partial charge < -0.3 is 29.7 Å². The van der Waals surface area contributed by atoms with Crippen LogP contribution in [0.25, 0.3) is 11.1 Å². The van der Waals surface area contributed by atoms with E-state index in [0.717, 1.165) is 71.8 Å². The molecule has 3 aromatic rings. The number of aryl methyl sites for hydroxylation is 2. The molecule has 2 aliphatic heterocycles. The van der Waals surface area contributed by atoms with Gasteiger partial charge in [-0.05, 0) is 106 Å². The lowest BCUT2D eigenvalue weighted by molar-refractivity contribution is 0.0240. The summed E-state index contributed by atoms with van der Waals surface area (Å²) < 4.78 is 5.55. The number of pyridine rings is 2. The molecule has 0 bridgehead atoms. The zero-order valence-corrected chi connectivity index (χ0v) is 29.2. The van der Waals surface area contributed by atoms with Crippen LogP contribution < -0.4 is 20.7 Å². The number of H-pyrrole nitrogens is 1. The molecule has 0 radical (unpaired) electrons. The van der Waals surface area contributed by atoms with Crippen molar-refractivity contribution in [1.82, 2.24) is 20.2 Å². The number of nitrogens with zero attached hydrogens (tertiary/aromatic N) is 4. The number of anilines is 2. The molecule has 10 heteroatoms. The van der Waals surface area contributed by atoms with Crippen molar-refractivity contribution in [2.24, 2.45) is 5.92 Å². The Labute approximate surface area is 283 Å². The van der Waals surface area contributed by atoms with Crippen LogP contribution in [-0.4, -0.2) is 71.7 Å². The van der Waals surface area contributed by atoms with Crippen LogP contribution >= 0.6 is 0 Å². The quantitative estimate of drug-likeness (QED) is 0.298. The second-order valence-electron chi connectivity index (χ2n) is 14.6. The number of nitrogens with one attached hydrogen (secondary N) is 2. The third kappa shape index (κ3) is 7.53. The lowest BCUT2D eigenvalue weighted by atomic mass is 9.85. The second-order valence-corrected chi connectivity index (χ2v) is 14.6. The van der Waals surface area contributed by atoms with E-state index < -0.39 is 5.60 Å². The van der Waals surface area contributed by atoms with Crippen molar-refractivity contribution in [1.29, 1.82) is 0 Å². The molecule has 4 heterocycles. The summed E-state index contributed by atoms with van der Waals surface area (Å²) in [5.41, 5.74) is 6.56. The normalized spacial score (nSPS) is 16.5. The second kappa shape index (κ2) is 14.0. The summed E-state index contributed by atoms with van der Waals surface area (Å²) in [6, 6.07) is 10.3. The molecule has 2 fully saturated rings. The predicted molar refractivity (Wildman–Crippen MR) is 190 cm³/mol. The monoisotopic (exact) mass is 654 g/mol. The van der Waals surface area contributed by atoms with Crippen LogP contribution in [0.1, 0.15) is 86.1 Å². The summed E-state index contributed by atoms with van der Waals surface area (Å²) in [5, 5.41) is 3.10. The number of carbonyl (C=O) groups is 2. The number of aromatic amines is 1. The first-order chi connectivity index (χ1) is 23.0. The molecule has 2 aromatic heterocycles. The summed E-state index contributed by atoms with van der Waals surface area (Å²) >= 11 is 0. The average molecular weight is 655 g/mol. The van der Waals surface area contributed by atoms with E-state index in [9.17, 15) is 14.4 Å². The Bertz CT molecular complexity index is 1700. The van der Waals surface area contributed by atoms with Gasteiger partial charge in [0, 0.05) is 80.1 Å². The highest BCUT2D eigenvalue weighted by molar-refractivity contribution is 5.99. The molecule has 6 rings (SSSR count). The first-order valence-electron chi connectivity index (χ1n) is 17.6. The number of ether oxygens (including phenoxy) is 1. The fourth-order valence-corrected chi connectivity index (χ4v) is 7.04.